The topological polar surface area (TPSA) is 295 Å². The molecule has 13 N–H and O–H groups in total. The lowest BCUT2D eigenvalue weighted by atomic mass is 10.1. The van der Waals surface area contributed by atoms with Crippen LogP contribution in [0, 0.1) is 0 Å². The molecule has 0 aliphatic carbocycles. The van der Waals surface area contributed by atoms with Crippen molar-refractivity contribution in [1.82, 2.24) is 16.0 Å². The molecule has 0 saturated carbocycles. The monoisotopic (exact) mass is 562 g/mol. The molecule has 38 heavy (non-hydrogen) atoms. The number of amides is 4. The van der Waals surface area contributed by atoms with Gasteiger partial charge in [0.2, 0.25) is 23.6 Å². The SMILES string of the molecule is CSCCC(NC(=O)C(CCCN=C(N)N)NC(=O)C(CCC(=O)O)NC(=O)C(N)CCC(N)=O)C(=O)O. The van der Waals surface area contributed by atoms with Gasteiger partial charge in [-0.15, -0.1) is 0 Å². The molecule has 4 unspecified atom stereocenters. The Labute approximate surface area is 224 Å². The Morgan fingerprint density at radius 2 is 1.34 bits per heavy atom. The number of nitrogens with one attached hydrogen (secondary N) is 3. The molecule has 0 saturated heterocycles. The van der Waals surface area contributed by atoms with E-state index in [0.29, 0.717) is 5.75 Å². The van der Waals surface area contributed by atoms with Crippen LogP contribution in [0.1, 0.15) is 44.9 Å². The smallest absolute Gasteiger partial charge is 0.326 e. The Morgan fingerprint density at radius 3 is 1.84 bits per heavy atom. The summed E-state index contributed by atoms with van der Waals surface area (Å²) in [5.41, 5.74) is 21.4. The molecule has 0 heterocycles. The number of rotatable bonds is 20. The van der Waals surface area contributed by atoms with Crippen molar-refractivity contribution in [3.8, 4) is 0 Å². The van der Waals surface area contributed by atoms with Crippen LogP contribution in [0.2, 0.25) is 0 Å². The van der Waals surface area contributed by atoms with E-state index in [2.05, 4.69) is 20.9 Å². The first-order valence-corrected chi connectivity index (χ1v) is 13.1. The second-order valence-corrected chi connectivity index (χ2v) is 9.28. The number of aliphatic imine (C=N–C) groups is 1. The van der Waals surface area contributed by atoms with Gasteiger partial charge in [-0.1, -0.05) is 0 Å². The number of carboxylic acid groups (broad SMARTS) is 2. The molecule has 0 rings (SSSR count). The maximum atomic E-state index is 13.0. The van der Waals surface area contributed by atoms with Crippen molar-refractivity contribution in [3.05, 3.63) is 0 Å². The molecule has 0 aliphatic rings. The van der Waals surface area contributed by atoms with E-state index >= 15 is 0 Å². The highest BCUT2D eigenvalue weighted by Crippen LogP contribution is 2.07. The predicted octanol–water partition coefficient (Wildman–Crippen LogP) is -3.21. The number of nitrogens with two attached hydrogens (primary N) is 4. The summed E-state index contributed by atoms with van der Waals surface area (Å²) in [6.07, 6.45) is 1.03. The van der Waals surface area contributed by atoms with Crippen molar-refractivity contribution in [2.45, 2.75) is 69.1 Å². The number of thioether (sulfide) groups is 1. The molecule has 0 radical (unpaired) electrons. The third-order valence-electron chi connectivity index (χ3n) is 5.12. The quantitative estimate of drug-likeness (QED) is 0.0402. The minimum Gasteiger partial charge on any atom is -0.481 e. The van der Waals surface area contributed by atoms with Gasteiger partial charge >= 0.3 is 11.9 Å². The zero-order valence-corrected chi connectivity index (χ0v) is 22.0. The second kappa shape index (κ2) is 18.6. The molecule has 0 spiro atoms. The number of hydrogen-bond acceptors (Lipinski definition) is 9. The van der Waals surface area contributed by atoms with Crippen molar-refractivity contribution in [1.29, 1.82) is 0 Å². The largest absolute Gasteiger partial charge is 0.481 e. The second-order valence-electron chi connectivity index (χ2n) is 8.30. The summed E-state index contributed by atoms with van der Waals surface area (Å²) in [5.74, 6) is -5.40. The molecule has 0 aliphatic heterocycles. The maximum Gasteiger partial charge on any atom is 0.326 e. The summed E-state index contributed by atoms with van der Waals surface area (Å²) in [4.78, 5) is 75.8. The van der Waals surface area contributed by atoms with Crippen LogP contribution < -0.4 is 38.9 Å². The van der Waals surface area contributed by atoms with Gasteiger partial charge in [-0.3, -0.25) is 29.0 Å². The number of carboxylic acids is 2. The number of guanidine groups is 1. The third kappa shape index (κ3) is 15.5. The van der Waals surface area contributed by atoms with Gasteiger partial charge in [0.1, 0.15) is 18.1 Å². The van der Waals surface area contributed by atoms with Crippen molar-refractivity contribution in [2.75, 3.05) is 18.6 Å². The van der Waals surface area contributed by atoms with Crippen molar-refractivity contribution in [3.63, 3.8) is 0 Å². The fraction of sp³-hybridized carbons (Fsp3) is 0.667. The molecule has 17 heteroatoms. The molecule has 0 aromatic rings. The van der Waals surface area contributed by atoms with Crippen LogP contribution in [0.4, 0.5) is 0 Å². The van der Waals surface area contributed by atoms with E-state index in [9.17, 15) is 33.9 Å². The standard InChI is InChI=1S/C21H38N8O8S/c1-38-10-8-14(20(36)37)29-18(34)12(3-2-9-26-21(24)25)28-19(35)13(5-7-16(31)32)27-17(33)11(22)4-6-15(23)30/h11-14H,2-10,22H2,1H3,(H2,23,30)(H,27,33)(H,28,35)(H,29,34)(H,31,32)(H,36,37)(H4,24,25,26). The lowest BCUT2D eigenvalue weighted by molar-refractivity contribution is -0.142. The van der Waals surface area contributed by atoms with Crippen LogP contribution in [0.25, 0.3) is 0 Å². The molecule has 0 fully saturated rings. The van der Waals surface area contributed by atoms with E-state index in [1.165, 1.54) is 11.8 Å². The van der Waals surface area contributed by atoms with Gasteiger partial charge in [0, 0.05) is 19.4 Å². The molecule has 0 aromatic heterocycles. The zero-order chi connectivity index (χ0) is 29.3. The normalized spacial score (nSPS) is 13.7. The van der Waals surface area contributed by atoms with E-state index < -0.39 is 66.2 Å². The van der Waals surface area contributed by atoms with E-state index in [-0.39, 0.29) is 51.0 Å². The molecule has 4 amide bonds. The highest BCUT2D eigenvalue weighted by atomic mass is 32.2. The number of primary amides is 1. The first-order chi connectivity index (χ1) is 17.8. The summed E-state index contributed by atoms with van der Waals surface area (Å²) in [7, 11) is 0. The summed E-state index contributed by atoms with van der Waals surface area (Å²) < 4.78 is 0. The zero-order valence-electron chi connectivity index (χ0n) is 21.2. The van der Waals surface area contributed by atoms with Crippen LogP contribution in [0.5, 0.6) is 0 Å². The fourth-order valence-electron chi connectivity index (χ4n) is 3.05. The maximum absolute atomic E-state index is 13.0. The van der Waals surface area contributed by atoms with Gasteiger partial charge in [0.15, 0.2) is 5.96 Å². The van der Waals surface area contributed by atoms with Gasteiger partial charge in [-0.2, -0.15) is 11.8 Å². The molecule has 0 aromatic carbocycles. The molecule has 216 valence electrons. The van der Waals surface area contributed by atoms with E-state index in [1.54, 1.807) is 6.26 Å². The highest BCUT2D eigenvalue weighted by molar-refractivity contribution is 7.98. The molecular weight excluding hydrogens is 524 g/mol. The minimum absolute atomic E-state index is 0.000935. The Bertz CT molecular complexity index is 868. The van der Waals surface area contributed by atoms with E-state index in [1.807, 2.05) is 0 Å². The van der Waals surface area contributed by atoms with Gasteiger partial charge in [0.25, 0.3) is 0 Å². The van der Waals surface area contributed by atoms with Crippen LogP contribution in [0.15, 0.2) is 4.99 Å². The van der Waals surface area contributed by atoms with Crippen LogP contribution >= 0.6 is 11.8 Å². The number of carbonyl (C=O) groups excluding carboxylic acids is 4. The highest BCUT2D eigenvalue weighted by Gasteiger charge is 2.30. The number of aliphatic carboxylic acids is 2. The number of carbonyl (C=O) groups is 6. The lowest BCUT2D eigenvalue weighted by Gasteiger charge is -2.25. The molecule has 4 atom stereocenters. The van der Waals surface area contributed by atoms with Gasteiger partial charge < -0.3 is 49.1 Å². The minimum atomic E-state index is -1.39. The average molecular weight is 563 g/mol. The Hall–Kier alpha value is -3.60. The Morgan fingerprint density at radius 1 is 0.789 bits per heavy atom. The number of nitrogens with zero attached hydrogens (tertiary/aromatic N) is 1. The van der Waals surface area contributed by atoms with Crippen LogP contribution in [0.3, 0.4) is 0 Å². The summed E-state index contributed by atoms with van der Waals surface area (Å²) >= 11 is 1.39. The predicted molar refractivity (Wildman–Crippen MR) is 140 cm³/mol. The van der Waals surface area contributed by atoms with E-state index in [0.717, 1.165) is 0 Å². The first-order valence-electron chi connectivity index (χ1n) is 11.7. The molecule has 16 nitrogen and oxygen atoms in total. The Balaban J connectivity index is 5.66. The first kappa shape index (κ1) is 34.4. The summed E-state index contributed by atoms with van der Waals surface area (Å²) in [6.45, 7) is 0.116. The summed E-state index contributed by atoms with van der Waals surface area (Å²) in [6, 6.07) is -5.05. The summed E-state index contributed by atoms with van der Waals surface area (Å²) in [5, 5.41) is 25.6. The molecule has 0 bridgehead atoms. The van der Waals surface area contributed by atoms with Crippen LogP contribution in [-0.4, -0.2) is 94.5 Å². The van der Waals surface area contributed by atoms with Crippen molar-refractivity contribution < 1.29 is 39.0 Å². The number of hydrogen-bond donors (Lipinski definition) is 9. The van der Waals surface area contributed by atoms with Crippen molar-refractivity contribution in [2.24, 2.45) is 27.9 Å². The van der Waals surface area contributed by atoms with Crippen LogP contribution in [-0.2, 0) is 28.8 Å². The van der Waals surface area contributed by atoms with Gasteiger partial charge in [0.05, 0.1) is 6.04 Å². The van der Waals surface area contributed by atoms with E-state index in [4.69, 9.17) is 28.0 Å². The lowest BCUT2D eigenvalue weighted by Crippen LogP contribution is -2.57. The molecular formula is C21H38N8O8S. The van der Waals surface area contributed by atoms with Crippen molar-refractivity contribution >= 4 is 53.3 Å². The average Bonchev–Trinajstić information content (AvgIpc) is 2.83. The van der Waals surface area contributed by atoms with Gasteiger partial charge in [-0.05, 0) is 44.1 Å². The Kier molecular flexibility index (Phi) is 16.9. The fourth-order valence-corrected chi connectivity index (χ4v) is 3.53. The third-order valence-corrected chi connectivity index (χ3v) is 5.77. The van der Waals surface area contributed by atoms with Gasteiger partial charge in [-0.25, -0.2) is 4.79 Å².